The van der Waals surface area contributed by atoms with Crippen molar-refractivity contribution in [2.75, 3.05) is 5.73 Å². The predicted molar refractivity (Wildman–Crippen MR) is 90.7 cm³/mol. The van der Waals surface area contributed by atoms with E-state index in [1.54, 1.807) is 0 Å². The van der Waals surface area contributed by atoms with Gasteiger partial charge in [0, 0.05) is 26.6 Å². The molecule has 0 amide bonds. The number of carboxylic acids is 2. The summed E-state index contributed by atoms with van der Waals surface area (Å²) in [6.07, 6.45) is 0. The fraction of sp³-hybridized carbons (Fsp3) is 0. The molecule has 9 nitrogen and oxygen atoms in total. The van der Waals surface area contributed by atoms with Crippen LogP contribution in [0.3, 0.4) is 0 Å². The second-order valence-corrected chi connectivity index (χ2v) is 5.58. The number of hydrogen-bond donors (Lipinski definition) is 6. The molecule has 0 radical (unpaired) electrons. The van der Waals surface area contributed by atoms with E-state index in [-0.39, 0.29) is 16.0 Å². The lowest BCUT2D eigenvalue weighted by atomic mass is 9.78. The fourth-order valence-corrected chi connectivity index (χ4v) is 2.98. The van der Waals surface area contributed by atoms with Gasteiger partial charge < -0.3 is 31.0 Å². The van der Waals surface area contributed by atoms with Crippen molar-refractivity contribution in [1.29, 1.82) is 0 Å². The van der Waals surface area contributed by atoms with Crippen LogP contribution in [0.1, 0.15) is 20.7 Å². The quantitative estimate of drug-likeness (QED) is 0.398. The largest absolute Gasteiger partial charge is 0.491 e. The molecule has 0 bridgehead atoms. The number of H-pyrrole nitrogens is 1. The number of anilines is 1. The Balaban J connectivity index is 3.07. The van der Waals surface area contributed by atoms with E-state index in [1.807, 2.05) is 4.98 Å². The number of rotatable bonds is 4. The van der Waals surface area contributed by atoms with Gasteiger partial charge >= 0.3 is 19.1 Å². The van der Waals surface area contributed by atoms with Gasteiger partial charge in [-0.1, -0.05) is 29.3 Å². The molecule has 2 aromatic rings. The van der Waals surface area contributed by atoms with Crippen LogP contribution in [0.15, 0.2) is 16.9 Å². The fourth-order valence-electron chi connectivity index (χ4n) is 2.32. The number of aromatic nitrogens is 1. The molecule has 7 N–H and O–H groups in total. The highest BCUT2D eigenvalue weighted by Gasteiger charge is 2.30. The van der Waals surface area contributed by atoms with E-state index in [0.717, 1.165) is 12.1 Å². The van der Waals surface area contributed by atoms with Crippen LogP contribution < -0.4 is 16.8 Å². The van der Waals surface area contributed by atoms with Crippen LogP contribution in [0.25, 0.3) is 11.1 Å². The van der Waals surface area contributed by atoms with Crippen molar-refractivity contribution in [3.05, 3.63) is 43.7 Å². The molecule has 1 aromatic carbocycles. The van der Waals surface area contributed by atoms with Crippen molar-refractivity contribution in [2.45, 2.75) is 0 Å². The molecule has 1 aromatic heterocycles. The average molecular weight is 387 g/mol. The summed E-state index contributed by atoms with van der Waals surface area (Å²) >= 11 is 11.9. The second kappa shape index (κ2) is 6.77. The SMILES string of the molecule is Nc1[nH]c(=O)c(C(=O)O)c(-c2ccc(Cl)c(B(O)O)c2Cl)c1C(=O)O. The van der Waals surface area contributed by atoms with Crippen molar-refractivity contribution in [1.82, 2.24) is 4.98 Å². The van der Waals surface area contributed by atoms with Crippen molar-refractivity contribution in [3.63, 3.8) is 0 Å². The highest BCUT2D eigenvalue weighted by Crippen LogP contribution is 2.34. The van der Waals surface area contributed by atoms with Crippen LogP contribution in [0, 0.1) is 0 Å². The zero-order chi connectivity index (χ0) is 19.0. The Hall–Kier alpha value is -2.53. The molecule has 0 atom stereocenters. The molecule has 0 fully saturated rings. The number of hydrogen-bond acceptors (Lipinski definition) is 6. The lowest BCUT2D eigenvalue weighted by Gasteiger charge is -2.16. The molecular weight excluding hydrogens is 378 g/mol. The minimum Gasteiger partial charge on any atom is -0.478 e. The summed E-state index contributed by atoms with van der Waals surface area (Å²) in [5.74, 6) is -3.94. The van der Waals surface area contributed by atoms with Gasteiger partial charge in [-0.3, -0.25) is 4.79 Å². The molecule has 0 aliphatic heterocycles. The van der Waals surface area contributed by atoms with Crippen LogP contribution in [0.5, 0.6) is 0 Å². The Bertz CT molecular complexity index is 958. The second-order valence-electron chi connectivity index (χ2n) is 4.80. The number of aromatic amines is 1. The van der Waals surface area contributed by atoms with E-state index >= 15 is 0 Å². The molecule has 0 unspecified atom stereocenters. The lowest BCUT2D eigenvalue weighted by Crippen LogP contribution is -2.32. The Morgan fingerprint density at radius 2 is 1.64 bits per heavy atom. The van der Waals surface area contributed by atoms with Crippen molar-refractivity contribution in [2.24, 2.45) is 0 Å². The van der Waals surface area contributed by atoms with Gasteiger partial charge in [-0.15, -0.1) is 0 Å². The van der Waals surface area contributed by atoms with Gasteiger partial charge in [0.25, 0.3) is 5.56 Å². The van der Waals surface area contributed by atoms with Crippen LogP contribution >= 0.6 is 23.2 Å². The van der Waals surface area contributed by atoms with Crippen molar-refractivity contribution >= 4 is 53.5 Å². The average Bonchev–Trinajstić information content (AvgIpc) is 2.45. The van der Waals surface area contributed by atoms with Crippen LogP contribution in [0.4, 0.5) is 5.82 Å². The van der Waals surface area contributed by atoms with Gasteiger partial charge in [-0.2, -0.15) is 0 Å². The van der Waals surface area contributed by atoms with Gasteiger partial charge in [-0.05, 0) is 6.07 Å². The van der Waals surface area contributed by atoms with E-state index in [4.69, 9.17) is 28.9 Å². The highest BCUT2D eigenvalue weighted by atomic mass is 35.5. The topological polar surface area (TPSA) is 174 Å². The Kier molecular flexibility index (Phi) is 5.09. The lowest BCUT2D eigenvalue weighted by molar-refractivity contribution is 0.0695. The molecule has 12 heteroatoms. The van der Waals surface area contributed by atoms with Gasteiger partial charge in [0.05, 0.1) is 0 Å². The first-order chi connectivity index (χ1) is 11.6. The number of nitrogens with two attached hydrogens (primary N) is 1. The maximum Gasteiger partial charge on any atom is 0.491 e. The third-order valence-corrected chi connectivity index (χ3v) is 4.06. The van der Waals surface area contributed by atoms with Crippen LogP contribution in [-0.4, -0.2) is 44.3 Å². The first kappa shape index (κ1) is 18.8. The summed E-state index contributed by atoms with van der Waals surface area (Å²) in [6, 6.07) is 2.29. The molecule has 130 valence electrons. The van der Waals surface area contributed by atoms with Crippen molar-refractivity contribution < 1.29 is 29.9 Å². The maximum absolute atomic E-state index is 12.0. The third kappa shape index (κ3) is 3.20. The molecule has 0 saturated heterocycles. The standard InChI is InChI=1S/C13H9BCl2N2O7/c15-4-2-1-3(9(16)8(4)14(24)25)5-6(12(20)21)10(17)18-11(19)7(5)13(22)23/h1-2,24-25H,(H,20,21)(H,22,23)(H3,17,18,19). The van der Waals surface area contributed by atoms with Crippen molar-refractivity contribution in [3.8, 4) is 11.1 Å². The zero-order valence-electron chi connectivity index (χ0n) is 12.1. The van der Waals surface area contributed by atoms with E-state index in [2.05, 4.69) is 0 Å². The molecular formula is C13H9BCl2N2O7. The molecule has 0 aliphatic carbocycles. The van der Waals surface area contributed by atoms with E-state index in [0.29, 0.717) is 0 Å². The van der Waals surface area contributed by atoms with Crippen LogP contribution in [0.2, 0.25) is 10.0 Å². The number of aromatic carboxylic acids is 2. The number of nitrogen functional groups attached to an aromatic ring is 1. The Morgan fingerprint density at radius 1 is 1.08 bits per heavy atom. The van der Waals surface area contributed by atoms with Gasteiger partial charge in [0.1, 0.15) is 16.9 Å². The molecule has 0 spiro atoms. The monoisotopic (exact) mass is 386 g/mol. The first-order valence-corrected chi connectivity index (χ1v) is 7.20. The summed E-state index contributed by atoms with van der Waals surface area (Å²) in [7, 11) is -2.12. The highest BCUT2D eigenvalue weighted by molar-refractivity contribution is 6.67. The van der Waals surface area contributed by atoms with Gasteiger partial charge in [-0.25, -0.2) is 9.59 Å². The van der Waals surface area contributed by atoms with E-state index in [9.17, 15) is 34.6 Å². The van der Waals surface area contributed by atoms with Gasteiger partial charge in [0.2, 0.25) is 0 Å². The first-order valence-electron chi connectivity index (χ1n) is 6.44. The minimum atomic E-state index is -2.12. The van der Waals surface area contributed by atoms with Crippen LogP contribution in [-0.2, 0) is 0 Å². The minimum absolute atomic E-state index is 0.157. The Morgan fingerprint density at radius 3 is 2.12 bits per heavy atom. The van der Waals surface area contributed by atoms with E-state index < -0.39 is 52.1 Å². The number of carbonyl (C=O) groups is 2. The van der Waals surface area contributed by atoms with E-state index in [1.165, 1.54) is 0 Å². The third-order valence-electron chi connectivity index (χ3n) is 3.33. The molecule has 25 heavy (non-hydrogen) atoms. The summed E-state index contributed by atoms with van der Waals surface area (Å²) in [6.45, 7) is 0. The normalized spacial score (nSPS) is 10.6. The van der Waals surface area contributed by atoms with Gasteiger partial charge in [0.15, 0.2) is 0 Å². The number of nitrogens with one attached hydrogen (secondary N) is 1. The number of halogens is 2. The molecule has 1 heterocycles. The summed E-state index contributed by atoms with van der Waals surface area (Å²) in [5.41, 5.74) is 1.51. The smallest absolute Gasteiger partial charge is 0.478 e. The number of carboxylic acid groups (broad SMARTS) is 2. The predicted octanol–water partition coefficient (Wildman–Crippen LogP) is 0.00710. The molecule has 0 aliphatic rings. The summed E-state index contributed by atoms with van der Waals surface area (Å²) < 4.78 is 0. The summed E-state index contributed by atoms with van der Waals surface area (Å²) in [4.78, 5) is 36.9. The molecule has 0 saturated carbocycles. The molecule has 2 rings (SSSR count). The number of benzene rings is 1. The Labute approximate surface area is 149 Å². The summed E-state index contributed by atoms with van der Waals surface area (Å²) in [5, 5.41) is 36.9. The number of pyridine rings is 1. The maximum atomic E-state index is 12.0. The zero-order valence-corrected chi connectivity index (χ0v) is 13.6.